The highest BCUT2D eigenvalue weighted by Crippen LogP contribution is 2.29. The van der Waals surface area contributed by atoms with E-state index in [4.69, 9.17) is 9.47 Å². The first-order chi connectivity index (χ1) is 24.2. The molecule has 2 heterocycles. The molecule has 0 N–H and O–H groups in total. The van der Waals surface area contributed by atoms with Crippen molar-refractivity contribution in [3.63, 3.8) is 0 Å². The van der Waals surface area contributed by atoms with Gasteiger partial charge >= 0.3 is 0 Å². The fourth-order valence-electron chi connectivity index (χ4n) is 8.33. The maximum Gasteiger partial charge on any atom is 0.171 e. The topological polar surface area (TPSA) is 52.6 Å². The average molecular weight is 691 g/mol. The summed E-state index contributed by atoms with van der Waals surface area (Å²) in [6.07, 6.45) is 18.2. The molecule has 2 aromatic carbocycles. The van der Waals surface area contributed by atoms with Gasteiger partial charge in [-0.15, -0.1) is 0 Å². The van der Waals surface area contributed by atoms with Gasteiger partial charge in [0.15, 0.2) is 11.6 Å². The molecule has 0 aromatic heterocycles. The van der Waals surface area contributed by atoms with Crippen molar-refractivity contribution >= 4 is 11.6 Å². The first-order valence-electron chi connectivity index (χ1n) is 20.5. The van der Waals surface area contributed by atoms with Crippen LogP contribution >= 0.6 is 0 Å². The van der Waals surface area contributed by atoms with E-state index >= 15 is 0 Å². The molecule has 6 heteroatoms. The Morgan fingerprint density at radius 1 is 0.540 bits per heavy atom. The molecule has 2 aromatic rings. The number of carbonyl (C=O) groups is 2. The van der Waals surface area contributed by atoms with Gasteiger partial charge in [-0.3, -0.25) is 9.59 Å². The Kier molecular flexibility index (Phi) is 16.8. The second-order valence-corrected chi connectivity index (χ2v) is 16.2. The first kappa shape index (κ1) is 40.1. The number of rotatable bonds is 21. The zero-order chi connectivity index (χ0) is 35.7. The van der Waals surface area contributed by atoms with Crippen LogP contribution in [0.25, 0.3) is 0 Å². The van der Waals surface area contributed by atoms with E-state index < -0.39 is 0 Å². The fourth-order valence-corrected chi connectivity index (χ4v) is 8.33. The van der Waals surface area contributed by atoms with Gasteiger partial charge in [-0.1, -0.05) is 39.5 Å². The number of unbranched alkanes of at least 4 members (excludes halogenated alkanes) is 4. The average Bonchev–Trinajstić information content (AvgIpc) is 3.49. The maximum absolute atomic E-state index is 14.4. The van der Waals surface area contributed by atoms with E-state index in [2.05, 4.69) is 27.9 Å². The number of hydrogen-bond donors (Lipinski definition) is 0. The zero-order valence-corrected chi connectivity index (χ0v) is 32.3. The Balaban J connectivity index is 1.54. The predicted molar refractivity (Wildman–Crippen MR) is 206 cm³/mol. The molecule has 2 fully saturated rings. The van der Waals surface area contributed by atoms with Crippen LogP contribution in [0.1, 0.15) is 137 Å². The van der Waals surface area contributed by atoms with E-state index in [1.54, 1.807) is 0 Å². The van der Waals surface area contributed by atoms with Crippen LogP contribution in [0.15, 0.2) is 48.5 Å². The largest absolute Gasteiger partial charge is 0.494 e. The molecule has 2 atom stereocenters. The monoisotopic (exact) mass is 691 g/mol. The number of ketones is 2. The van der Waals surface area contributed by atoms with Gasteiger partial charge in [-0.05, 0) is 126 Å². The Morgan fingerprint density at radius 2 is 0.880 bits per heavy atom. The van der Waals surface area contributed by atoms with Gasteiger partial charge < -0.3 is 18.4 Å². The Hall–Kier alpha value is -2.70. The number of carbonyl (C=O) groups excluding carboxylic acids is 2. The highest BCUT2D eigenvalue weighted by atomic mass is 16.5. The maximum atomic E-state index is 14.4. The fraction of sp³-hybridized carbons (Fsp3) is 0.682. The summed E-state index contributed by atoms with van der Waals surface area (Å²) in [6.45, 7) is 12.0. The lowest BCUT2D eigenvalue weighted by molar-refractivity contribution is -0.911. The minimum absolute atomic E-state index is 0.127. The van der Waals surface area contributed by atoms with Crippen molar-refractivity contribution in [3.8, 4) is 11.5 Å². The van der Waals surface area contributed by atoms with E-state index in [1.165, 1.54) is 64.2 Å². The summed E-state index contributed by atoms with van der Waals surface area (Å²) in [5.74, 6) is 1.85. The molecule has 0 unspecified atom stereocenters. The van der Waals surface area contributed by atoms with Crippen molar-refractivity contribution in [2.75, 3.05) is 66.6 Å². The highest BCUT2D eigenvalue weighted by Gasteiger charge is 2.36. The van der Waals surface area contributed by atoms with Crippen LogP contribution < -0.4 is 9.47 Å². The summed E-state index contributed by atoms with van der Waals surface area (Å²) in [7, 11) is 4.72. The number of ether oxygens (including phenoxy) is 2. The summed E-state index contributed by atoms with van der Waals surface area (Å²) < 4.78 is 13.8. The summed E-state index contributed by atoms with van der Waals surface area (Å²) >= 11 is 0. The molecule has 0 amide bonds. The van der Waals surface area contributed by atoms with Gasteiger partial charge in [0.2, 0.25) is 0 Å². The summed E-state index contributed by atoms with van der Waals surface area (Å²) in [5.41, 5.74) is 1.53. The van der Waals surface area contributed by atoms with Crippen LogP contribution in [0.5, 0.6) is 11.5 Å². The van der Waals surface area contributed by atoms with Crippen molar-refractivity contribution in [2.24, 2.45) is 11.8 Å². The lowest BCUT2D eigenvalue weighted by Crippen LogP contribution is -2.50. The van der Waals surface area contributed by atoms with Crippen molar-refractivity contribution in [1.82, 2.24) is 0 Å². The lowest BCUT2D eigenvalue weighted by Gasteiger charge is -2.38. The molecular weight excluding hydrogens is 620 g/mol. The third-order valence-corrected chi connectivity index (χ3v) is 11.5. The third kappa shape index (κ3) is 13.1. The molecule has 0 spiro atoms. The zero-order valence-electron chi connectivity index (χ0n) is 32.3. The molecule has 0 bridgehead atoms. The number of nitrogens with zero attached hydrogens (tertiary/aromatic N) is 2. The highest BCUT2D eigenvalue weighted by molar-refractivity contribution is 5.99. The van der Waals surface area contributed by atoms with Gasteiger partial charge in [0.25, 0.3) is 0 Å². The molecule has 0 aliphatic carbocycles. The van der Waals surface area contributed by atoms with Crippen LogP contribution in [0.4, 0.5) is 0 Å². The number of hydrogen-bond acceptors (Lipinski definition) is 4. The second kappa shape index (κ2) is 21.0. The second-order valence-electron chi connectivity index (χ2n) is 16.2. The summed E-state index contributed by atoms with van der Waals surface area (Å²) in [4.78, 5) is 28.8. The van der Waals surface area contributed by atoms with E-state index in [-0.39, 0.29) is 23.4 Å². The molecule has 0 saturated carbocycles. The van der Waals surface area contributed by atoms with E-state index in [1.807, 2.05) is 48.5 Å². The van der Waals surface area contributed by atoms with E-state index in [0.29, 0.717) is 13.2 Å². The SMILES string of the molecule is CCCCCOc1ccc(C(=O)[C@@H](CC[C@@H](C[N+]2(C)CCCCCC2)C(=O)c2ccc(OCCCCC)cc2)C[N+]2(C)CCCCCC2)cc1. The molecular formula is C44H70N2O4+2. The summed E-state index contributed by atoms with van der Waals surface area (Å²) in [6, 6.07) is 15.7. The molecule has 278 valence electrons. The van der Waals surface area contributed by atoms with Gasteiger partial charge in [0, 0.05) is 11.1 Å². The molecule has 4 rings (SSSR count). The van der Waals surface area contributed by atoms with Crippen molar-refractivity contribution in [2.45, 2.75) is 117 Å². The first-order valence-corrected chi connectivity index (χ1v) is 20.5. The quantitative estimate of drug-likeness (QED) is 0.0744. The lowest BCUT2D eigenvalue weighted by atomic mass is 9.85. The van der Waals surface area contributed by atoms with Crippen molar-refractivity contribution in [1.29, 1.82) is 0 Å². The van der Waals surface area contributed by atoms with Crippen LogP contribution in [0.3, 0.4) is 0 Å². The van der Waals surface area contributed by atoms with Crippen LogP contribution in [0, 0.1) is 11.8 Å². The predicted octanol–water partition coefficient (Wildman–Crippen LogP) is 9.94. The third-order valence-electron chi connectivity index (χ3n) is 11.5. The molecule has 0 radical (unpaired) electrons. The van der Waals surface area contributed by atoms with E-state index in [0.717, 1.165) is 109 Å². The van der Waals surface area contributed by atoms with Crippen LogP contribution in [-0.2, 0) is 0 Å². The van der Waals surface area contributed by atoms with E-state index in [9.17, 15) is 9.59 Å². The van der Waals surface area contributed by atoms with Gasteiger partial charge in [0.1, 0.15) is 11.5 Å². The minimum Gasteiger partial charge on any atom is -0.494 e. The molecule has 2 aliphatic heterocycles. The Bertz CT molecular complexity index is 1160. The number of likely N-dealkylation sites (tertiary alicyclic amines) is 2. The van der Waals surface area contributed by atoms with Crippen LogP contribution in [0.2, 0.25) is 0 Å². The normalized spacial score (nSPS) is 18.7. The summed E-state index contributed by atoms with van der Waals surface area (Å²) in [5, 5.41) is 0. The number of quaternary nitrogens is 2. The van der Waals surface area contributed by atoms with Crippen molar-refractivity contribution < 1.29 is 28.0 Å². The molecule has 50 heavy (non-hydrogen) atoms. The number of benzene rings is 2. The van der Waals surface area contributed by atoms with Gasteiger partial charge in [0.05, 0.1) is 78.4 Å². The molecule has 2 saturated heterocycles. The minimum atomic E-state index is -0.127. The Labute approximate surface area is 305 Å². The standard InChI is InChI=1S/C44H70N2O4/c1-5-7-17-33-49-41-25-21-37(22-26-41)43(47)39(35-45(3)29-13-9-10-14-30-45)19-20-40(36-46(4)31-15-11-12-16-32-46)44(48)38-23-27-42(28-24-38)50-34-18-8-6-2/h21-28,39-40H,5-20,29-36H2,1-4H3/q+2/t39-,40-/m0/s1. The van der Waals surface area contributed by atoms with Gasteiger partial charge in [-0.2, -0.15) is 0 Å². The molecule has 2 aliphatic rings. The smallest absolute Gasteiger partial charge is 0.171 e. The Morgan fingerprint density at radius 3 is 1.20 bits per heavy atom. The number of Topliss-reactive ketones (excluding diaryl/α,β-unsaturated/α-hetero) is 2. The van der Waals surface area contributed by atoms with Crippen molar-refractivity contribution in [3.05, 3.63) is 59.7 Å². The molecule has 6 nitrogen and oxygen atoms in total. The van der Waals surface area contributed by atoms with Crippen LogP contribution in [-0.4, -0.2) is 87.1 Å². The van der Waals surface area contributed by atoms with Gasteiger partial charge in [-0.25, -0.2) is 0 Å².